The van der Waals surface area contributed by atoms with Gasteiger partial charge in [-0.2, -0.15) is 0 Å². The predicted molar refractivity (Wildman–Crippen MR) is 138 cm³/mol. The number of nitrogens with zero attached hydrogens (tertiary/aromatic N) is 1. The molecule has 1 amide bonds. The molecule has 1 aliphatic heterocycles. The fourth-order valence-electron chi connectivity index (χ4n) is 8.06. The summed E-state index contributed by atoms with van der Waals surface area (Å²) in [6, 6.07) is 18.3. The molecule has 1 atom stereocenters. The van der Waals surface area contributed by atoms with Crippen molar-refractivity contribution < 1.29 is 13.2 Å². The van der Waals surface area contributed by atoms with E-state index in [1.54, 1.807) is 25.1 Å². The third kappa shape index (κ3) is 3.11. The maximum absolute atomic E-state index is 13.4. The first-order chi connectivity index (χ1) is 16.8. The summed E-state index contributed by atoms with van der Waals surface area (Å²) in [4.78, 5) is 13.5. The van der Waals surface area contributed by atoms with E-state index in [1.165, 1.54) is 48.4 Å². The lowest BCUT2D eigenvalue weighted by Crippen LogP contribution is -2.48. The van der Waals surface area contributed by atoms with Crippen LogP contribution >= 0.6 is 0 Å². The van der Waals surface area contributed by atoms with E-state index in [-0.39, 0.29) is 10.8 Å². The van der Waals surface area contributed by atoms with Crippen molar-refractivity contribution in [1.82, 2.24) is 0 Å². The number of benzene rings is 3. The van der Waals surface area contributed by atoms with Gasteiger partial charge in [-0.05, 0) is 104 Å². The molecule has 5 nitrogen and oxygen atoms in total. The molecule has 1 N–H and O–H groups in total. The van der Waals surface area contributed by atoms with Crippen LogP contribution in [0, 0.1) is 17.8 Å². The van der Waals surface area contributed by atoms with Gasteiger partial charge in [0.25, 0.3) is 10.0 Å². The predicted octanol–water partition coefficient (Wildman–Crippen LogP) is 5.84. The Morgan fingerprint density at radius 1 is 0.914 bits per heavy atom. The second kappa shape index (κ2) is 7.33. The zero-order chi connectivity index (χ0) is 23.9. The fourth-order valence-corrected chi connectivity index (χ4v) is 9.93. The summed E-state index contributed by atoms with van der Waals surface area (Å²) >= 11 is 0. The maximum Gasteiger partial charge on any atom is 0.265 e. The highest BCUT2D eigenvalue weighted by Crippen LogP contribution is 2.60. The third-order valence-corrected chi connectivity index (χ3v) is 11.1. The molecule has 0 radical (unpaired) electrons. The van der Waals surface area contributed by atoms with Crippen LogP contribution in [0.3, 0.4) is 0 Å². The smallest absolute Gasteiger partial charge is 0.265 e. The average Bonchev–Trinajstić information content (AvgIpc) is 3.06. The quantitative estimate of drug-likeness (QED) is 0.504. The van der Waals surface area contributed by atoms with Crippen molar-refractivity contribution in [2.45, 2.75) is 61.8 Å². The van der Waals surface area contributed by atoms with E-state index in [1.807, 2.05) is 30.3 Å². The second-order valence-electron chi connectivity index (χ2n) is 11.4. The first-order valence-corrected chi connectivity index (χ1v) is 14.3. The van der Waals surface area contributed by atoms with Crippen molar-refractivity contribution in [3.8, 4) is 0 Å². The summed E-state index contributed by atoms with van der Waals surface area (Å²) in [7, 11) is -3.80. The van der Waals surface area contributed by atoms with Gasteiger partial charge in [0.15, 0.2) is 0 Å². The SMILES string of the molecule is C[C@H](C(=O)Nc1ccc(C23CC4CC(CC(C4)C2)C3)cc1)N1c2cccc3cccc(c23)S1(=O)=O. The molecule has 0 saturated heterocycles. The van der Waals surface area contributed by atoms with Gasteiger partial charge in [-0.15, -0.1) is 0 Å². The van der Waals surface area contributed by atoms with Crippen LogP contribution in [-0.2, 0) is 20.2 Å². The molecule has 0 unspecified atom stereocenters. The monoisotopic (exact) mass is 486 g/mol. The van der Waals surface area contributed by atoms with Gasteiger partial charge in [0.05, 0.1) is 10.6 Å². The molecule has 3 aromatic rings. The van der Waals surface area contributed by atoms with Gasteiger partial charge < -0.3 is 5.32 Å². The standard InChI is InChI=1S/C29H30N2O3S/c1-18(31-25-6-2-4-22-5-3-7-26(27(22)25)35(31,33)34)28(32)30-24-10-8-23(9-11-24)29-15-19-12-20(16-29)14-21(13-19)17-29/h2-11,18-21H,12-17H2,1H3,(H,30,32)/t18-,19?,20?,21?,29?/m1/s1. The number of carbonyl (C=O) groups excluding carboxylic acids is 1. The number of hydrogen-bond donors (Lipinski definition) is 1. The van der Waals surface area contributed by atoms with Gasteiger partial charge in [-0.1, -0.05) is 36.4 Å². The summed E-state index contributed by atoms with van der Waals surface area (Å²) in [5, 5.41) is 4.52. The Bertz CT molecular complexity index is 1420. The van der Waals surface area contributed by atoms with Crippen molar-refractivity contribution >= 4 is 38.1 Å². The van der Waals surface area contributed by atoms with E-state index >= 15 is 0 Å². The molecule has 3 aromatic carbocycles. The van der Waals surface area contributed by atoms with Crippen molar-refractivity contribution in [2.75, 3.05) is 9.62 Å². The maximum atomic E-state index is 13.4. The minimum Gasteiger partial charge on any atom is -0.324 e. The molecule has 4 aliphatic carbocycles. The van der Waals surface area contributed by atoms with E-state index in [9.17, 15) is 13.2 Å². The minimum absolute atomic E-state index is 0.269. The molecule has 0 aromatic heterocycles. The summed E-state index contributed by atoms with van der Waals surface area (Å²) in [6.07, 6.45) is 8.18. The van der Waals surface area contributed by atoms with E-state index in [2.05, 4.69) is 17.4 Å². The van der Waals surface area contributed by atoms with E-state index in [4.69, 9.17) is 0 Å². The molecule has 35 heavy (non-hydrogen) atoms. The Kier molecular flexibility index (Phi) is 4.48. The van der Waals surface area contributed by atoms with Gasteiger partial charge in [0, 0.05) is 11.1 Å². The van der Waals surface area contributed by atoms with Crippen molar-refractivity contribution in [3.63, 3.8) is 0 Å². The van der Waals surface area contributed by atoms with E-state index in [0.717, 1.165) is 23.1 Å². The lowest BCUT2D eigenvalue weighted by molar-refractivity contribution is -0.116. The molecule has 4 fully saturated rings. The van der Waals surface area contributed by atoms with Crippen LogP contribution in [0.15, 0.2) is 65.6 Å². The third-order valence-electron chi connectivity index (χ3n) is 9.15. The molecular formula is C29H30N2O3S. The number of sulfonamides is 1. The highest BCUT2D eigenvalue weighted by molar-refractivity contribution is 7.93. The van der Waals surface area contributed by atoms with Crippen LogP contribution in [0.2, 0.25) is 0 Å². The number of anilines is 2. The topological polar surface area (TPSA) is 66.5 Å². The zero-order valence-electron chi connectivity index (χ0n) is 19.9. The highest BCUT2D eigenvalue weighted by atomic mass is 32.2. The average molecular weight is 487 g/mol. The van der Waals surface area contributed by atoms with E-state index in [0.29, 0.717) is 22.2 Å². The van der Waals surface area contributed by atoms with Crippen LogP contribution in [0.25, 0.3) is 10.8 Å². The van der Waals surface area contributed by atoms with Crippen LogP contribution < -0.4 is 9.62 Å². The molecule has 4 saturated carbocycles. The minimum atomic E-state index is -3.80. The van der Waals surface area contributed by atoms with Crippen LogP contribution in [-0.4, -0.2) is 20.4 Å². The zero-order valence-corrected chi connectivity index (χ0v) is 20.7. The number of rotatable bonds is 4. The van der Waals surface area contributed by atoms with Gasteiger partial charge in [0.2, 0.25) is 5.91 Å². The Morgan fingerprint density at radius 3 is 2.14 bits per heavy atom. The van der Waals surface area contributed by atoms with Crippen LogP contribution in [0.4, 0.5) is 11.4 Å². The van der Waals surface area contributed by atoms with Gasteiger partial charge in [-0.3, -0.25) is 9.10 Å². The van der Waals surface area contributed by atoms with Gasteiger partial charge in [-0.25, -0.2) is 8.42 Å². The summed E-state index contributed by atoms with van der Waals surface area (Å²) in [5.74, 6) is 2.33. The van der Waals surface area contributed by atoms with Crippen molar-refractivity contribution in [2.24, 2.45) is 17.8 Å². The summed E-state index contributed by atoms with van der Waals surface area (Å²) in [6.45, 7) is 1.65. The van der Waals surface area contributed by atoms with Gasteiger partial charge in [0.1, 0.15) is 6.04 Å². The second-order valence-corrected chi connectivity index (χ2v) is 13.2. The van der Waals surface area contributed by atoms with Crippen molar-refractivity contribution in [1.29, 1.82) is 0 Å². The summed E-state index contributed by atoms with van der Waals surface area (Å²) < 4.78 is 28.0. The normalized spacial score (nSPS) is 30.5. The Morgan fingerprint density at radius 2 is 1.51 bits per heavy atom. The number of nitrogens with one attached hydrogen (secondary N) is 1. The van der Waals surface area contributed by atoms with Crippen LogP contribution in [0.5, 0.6) is 0 Å². The molecule has 180 valence electrons. The largest absolute Gasteiger partial charge is 0.324 e. The molecular weight excluding hydrogens is 456 g/mol. The van der Waals surface area contributed by atoms with Crippen molar-refractivity contribution in [3.05, 3.63) is 66.2 Å². The Labute approximate surface area is 206 Å². The highest BCUT2D eigenvalue weighted by Gasteiger charge is 2.51. The first-order valence-electron chi connectivity index (χ1n) is 12.8. The molecule has 5 aliphatic rings. The number of carbonyl (C=O) groups is 1. The lowest BCUT2D eigenvalue weighted by Gasteiger charge is -2.57. The molecule has 6 heteroatoms. The number of hydrogen-bond acceptors (Lipinski definition) is 3. The molecule has 1 heterocycles. The molecule has 4 bridgehead atoms. The fraction of sp³-hybridized carbons (Fsp3) is 0.414. The van der Waals surface area contributed by atoms with Crippen LogP contribution in [0.1, 0.15) is 51.0 Å². The first kappa shape index (κ1) is 21.4. The summed E-state index contributed by atoms with van der Waals surface area (Å²) in [5.41, 5.74) is 3.01. The Hall–Kier alpha value is -2.86. The van der Waals surface area contributed by atoms with E-state index < -0.39 is 16.1 Å². The lowest BCUT2D eigenvalue weighted by atomic mass is 9.48. The molecule has 8 rings (SSSR count). The molecule has 0 spiro atoms. The van der Waals surface area contributed by atoms with Gasteiger partial charge >= 0.3 is 0 Å². The number of amides is 1. The Balaban J connectivity index is 1.13.